The van der Waals surface area contributed by atoms with Gasteiger partial charge in [0.05, 0.1) is 0 Å². The zero-order chi connectivity index (χ0) is 13.1. The summed E-state index contributed by atoms with van der Waals surface area (Å²) in [4.78, 5) is 23.0. The van der Waals surface area contributed by atoms with Gasteiger partial charge in [0.2, 0.25) is 0 Å². The average molecular weight is 237 g/mol. The van der Waals surface area contributed by atoms with Crippen LogP contribution in [0.5, 0.6) is 0 Å². The van der Waals surface area contributed by atoms with Crippen LogP contribution in [0.1, 0.15) is 10.4 Å². The third kappa shape index (κ3) is 2.68. The molecule has 1 aromatic rings. The topological polar surface area (TPSA) is 118 Å². The number of carbonyl (C=O) groups excluding carboxylic acids is 1. The Labute approximate surface area is 98.6 Å². The Hall–Kier alpha value is -1.76. The van der Waals surface area contributed by atoms with Crippen LogP contribution in [0.2, 0.25) is 0 Å². The Morgan fingerprint density at radius 1 is 1.29 bits per heavy atom. The summed E-state index contributed by atoms with van der Waals surface area (Å²) in [6.07, 6.45) is 0. The van der Waals surface area contributed by atoms with Gasteiger partial charge in [-0.25, -0.2) is 0 Å². The molecule has 1 atom stereocenters. The van der Waals surface area contributed by atoms with Crippen molar-refractivity contribution in [3.8, 4) is 0 Å². The number of carboxylic acid groups (broad SMARTS) is 1. The second-order valence-corrected chi connectivity index (χ2v) is 3.69. The van der Waals surface area contributed by atoms with Gasteiger partial charge < -0.3 is 21.9 Å². The monoisotopic (exact) mass is 237 g/mol. The fraction of sp³-hybridized carbons (Fsp3) is 0.273. The van der Waals surface area contributed by atoms with Gasteiger partial charge in [-0.2, -0.15) is 0 Å². The molecule has 0 heterocycles. The largest absolute Gasteiger partial charge is 0.480 e. The minimum Gasteiger partial charge on any atom is -0.480 e. The molecular weight excluding hydrogens is 222 g/mol. The molecule has 0 aliphatic heterocycles. The molecule has 17 heavy (non-hydrogen) atoms. The number of hydrogen-bond acceptors (Lipinski definition) is 5. The first-order valence-corrected chi connectivity index (χ1v) is 4.99. The van der Waals surface area contributed by atoms with Crippen molar-refractivity contribution in [1.82, 2.24) is 5.32 Å². The van der Waals surface area contributed by atoms with Gasteiger partial charge in [-0.1, -0.05) is 30.3 Å². The molecule has 1 unspecified atom stereocenters. The van der Waals surface area contributed by atoms with Gasteiger partial charge in [0.15, 0.2) is 11.4 Å². The number of carboxylic acids is 1. The van der Waals surface area contributed by atoms with Gasteiger partial charge in [0.25, 0.3) is 0 Å². The minimum atomic E-state index is -2.00. The second-order valence-electron chi connectivity index (χ2n) is 3.69. The van der Waals surface area contributed by atoms with Gasteiger partial charge in [-0.3, -0.25) is 9.59 Å². The van der Waals surface area contributed by atoms with Crippen molar-refractivity contribution in [3.05, 3.63) is 35.9 Å². The summed E-state index contributed by atoms with van der Waals surface area (Å²) in [6.45, 7) is 0. The standard InChI is InChI=1S/C11H15N3O3/c1-14-8(10(16)17)11(12,13)9(15)7-5-3-2-4-6-7/h2-6,8,14H,12-13H2,1H3,(H,16,17). The summed E-state index contributed by atoms with van der Waals surface area (Å²) in [5.41, 5.74) is 9.54. The predicted molar refractivity (Wildman–Crippen MR) is 62.4 cm³/mol. The number of aliphatic carboxylic acids is 1. The van der Waals surface area contributed by atoms with Crippen LogP contribution in [0.15, 0.2) is 30.3 Å². The highest BCUT2D eigenvalue weighted by molar-refractivity contribution is 6.05. The van der Waals surface area contributed by atoms with Crippen molar-refractivity contribution in [2.75, 3.05) is 7.05 Å². The third-order valence-corrected chi connectivity index (χ3v) is 2.44. The molecule has 6 heteroatoms. The van der Waals surface area contributed by atoms with E-state index in [4.69, 9.17) is 16.6 Å². The molecule has 0 aliphatic carbocycles. The lowest BCUT2D eigenvalue weighted by Crippen LogP contribution is -2.70. The Balaban J connectivity index is 3.05. The molecule has 92 valence electrons. The first kappa shape index (κ1) is 13.3. The number of nitrogens with one attached hydrogen (secondary N) is 1. The van der Waals surface area contributed by atoms with E-state index in [-0.39, 0.29) is 5.56 Å². The molecule has 1 aromatic carbocycles. The Morgan fingerprint density at radius 2 is 1.82 bits per heavy atom. The summed E-state index contributed by atoms with van der Waals surface area (Å²) < 4.78 is 0. The van der Waals surface area contributed by atoms with Crippen molar-refractivity contribution >= 4 is 11.8 Å². The van der Waals surface area contributed by atoms with E-state index < -0.39 is 23.5 Å². The third-order valence-electron chi connectivity index (χ3n) is 2.44. The highest BCUT2D eigenvalue weighted by atomic mass is 16.4. The molecule has 6 N–H and O–H groups in total. The quantitative estimate of drug-likeness (QED) is 0.391. The number of likely N-dealkylation sites (N-methyl/N-ethyl adjacent to an activating group) is 1. The number of rotatable bonds is 5. The summed E-state index contributed by atoms with van der Waals surface area (Å²) in [6, 6.07) is 6.75. The molecule has 0 spiro atoms. The van der Waals surface area contributed by atoms with E-state index in [0.29, 0.717) is 0 Å². The van der Waals surface area contributed by atoms with E-state index in [1.165, 1.54) is 19.2 Å². The molecule has 6 nitrogen and oxygen atoms in total. The molecule has 0 fully saturated rings. The highest BCUT2D eigenvalue weighted by Gasteiger charge is 2.42. The number of nitrogens with two attached hydrogens (primary N) is 2. The molecule has 0 bridgehead atoms. The van der Waals surface area contributed by atoms with Crippen molar-refractivity contribution in [1.29, 1.82) is 0 Å². The van der Waals surface area contributed by atoms with Crippen LogP contribution in [0.4, 0.5) is 0 Å². The second kappa shape index (κ2) is 5.05. The van der Waals surface area contributed by atoms with Crippen LogP contribution in [-0.4, -0.2) is 35.6 Å². The molecule has 0 amide bonds. The molecule has 0 radical (unpaired) electrons. The SMILES string of the molecule is CNC(C(=O)O)C(N)(N)C(=O)c1ccccc1. The smallest absolute Gasteiger partial charge is 0.324 e. The molecule has 1 rings (SSSR count). The Kier molecular flexibility index (Phi) is 3.95. The number of Topliss-reactive ketones (excluding diaryl/α,β-unsaturated/α-hetero) is 1. The Morgan fingerprint density at radius 3 is 2.24 bits per heavy atom. The number of ketones is 1. The van der Waals surface area contributed by atoms with Crippen LogP contribution in [-0.2, 0) is 4.79 Å². The lowest BCUT2D eigenvalue weighted by molar-refractivity contribution is -0.140. The molecule has 0 saturated heterocycles. The molecule has 0 aromatic heterocycles. The van der Waals surface area contributed by atoms with Gasteiger partial charge in [-0.15, -0.1) is 0 Å². The summed E-state index contributed by atoms with van der Waals surface area (Å²) in [5, 5.41) is 11.4. The Bertz CT molecular complexity index is 417. The average Bonchev–Trinajstić information content (AvgIpc) is 2.29. The maximum Gasteiger partial charge on any atom is 0.324 e. The summed E-state index contributed by atoms with van der Waals surface area (Å²) in [7, 11) is 1.38. The van der Waals surface area contributed by atoms with E-state index in [1.54, 1.807) is 18.2 Å². The minimum absolute atomic E-state index is 0.277. The van der Waals surface area contributed by atoms with Crippen molar-refractivity contribution in [2.45, 2.75) is 11.7 Å². The van der Waals surface area contributed by atoms with E-state index >= 15 is 0 Å². The predicted octanol–water partition coefficient (Wildman–Crippen LogP) is -0.844. The maximum absolute atomic E-state index is 12.0. The van der Waals surface area contributed by atoms with Crippen LogP contribution in [0.25, 0.3) is 0 Å². The van der Waals surface area contributed by atoms with Crippen molar-refractivity contribution in [2.24, 2.45) is 11.5 Å². The van der Waals surface area contributed by atoms with Gasteiger partial charge in [0, 0.05) is 5.56 Å². The molecule has 0 aliphatic rings. The first-order chi connectivity index (χ1) is 7.91. The van der Waals surface area contributed by atoms with Crippen LogP contribution in [0.3, 0.4) is 0 Å². The fourth-order valence-electron chi connectivity index (χ4n) is 1.54. The highest BCUT2D eigenvalue weighted by Crippen LogP contribution is 2.10. The normalized spacial score (nSPS) is 13.1. The number of carbonyl (C=O) groups is 2. The number of benzene rings is 1. The number of hydrogen-bond donors (Lipinski definition) is 4. The lowest BCUT2D eigenvalue weighted by Gasteiger charge is -2.29. The molecular formula is C11H15N3O3. The zero-order valence-electron chi connectivity index (χ0n) is 9.38. The van der Waals surface area contributed by atoms with Gasteiger partial charge >= 0.3 is 5.97 Å². The van der Waals surface area contributed by atoms with E-state index in [0.717, 1.165) is 0 Å². The molecule has 0 saturated carbocycles. The lowest BCUT2D eigenvalue weighted by atomic mass is 9.92. The fourth-order valence-corrected chi connectivity index (χ4v) is 1.54. The maximum atomic E-state index is 12.0. The van der Waals surface area contributed by atoms with Gasteiger partial charge in [0.1, 0.15) is 6.04 Å². The van der Waals surface area contributed by atoms with Crippen LogP contribution in [0, 0.1) is 0 Å². The van der Waals surface area contributed by atoms with Gasteiger partial charge in [-0.05, 0) is 7.05 Å². The van der Waals surface area contributed by atoms with E-state index in [1.807, 2.05) is 0 Å². The van der Waals surface area contributed by atoms with E-state index in [9.17, 15) is 9.59 Å². The van der Waals surface area contributed by atoms with Crippen LogP contribution < -0.4 is 16.8 Å². The summed E-state index contributed by atoms with van der Waals surface area (Å²) in [5.74, 6) is -1.90. The van der Waals surface area contributed by atoms with E-state index in [2.05, 4.69) is 5.32 Å². The first-order valence-electron chi connectivity index (χ1n) is 4.99. The zero-order valence-corrected chi connectivity index (χ0v) is 9.38. The van der Waals surface area contributed by atoms with Crippen LogP contribution >= 0.6 is 0 Å². The van der Waals surface area contributed by atoms with Crippen molar-refractivity contribution in [3.63, 3.8) is 0 Å². The van der Waals surface area contributed by atoms with Crippen molar-refractivity contribution < 1.29 is 14.7 Å². The summed E-state index contributed by atoms with van der Waals surface area (Å²) >= 11 is 0.